The monoisotopic (exact) mass is 2100 g/mol. The van der Waals surface area contributed by atoms with Crippen molar-refractivity contribution < 1.29 is 41.6 Å². The van der Waals surface area contributed by atoms with E-state index in [0.29, 0.717) is 70.7 Å². The maximum atomic E-state index is 13.2. The van der Waals surface area contributed by atoms with Crippen LogP contribution < -0.4 is 9.47 Å². The van der Waals surface area contributed by atoms with Gasteiger partial charge in [-0.2, -0.15) is 0 Å². The van der Waals surface area contributed by atoms with E-state index in [4.69, 9.17) is 18.9 Å². The normalized spacial score (nSPS) is 18.6. The fourth-order valence-electron chi connectivity index (χ4n) is 17.7. The maximum absolute atomic E-state index is 13.2. The van der Waals surface area contributed by atoms with Gasteiger partial charge in [-0.3, -0.25) is 0 Å². The van der Waals surface area contributed by atoms with Gasteiger partial charge in [0.25, 0.3) is 0 Å². The molecule has 5 nitrogen and oxygen atoms in total. The molecule has 9 aliphatic rings. The zero-order valence-electron chi connectivity index (χ0n) is 82.8. The first kappa shape index (κ1) is 107. The molecule has 18 heteroatoms. The zero-order valence-corrected chi connectivity index (χ0v) is 90.1. The number of rotatable bonds is 13. The van der Waals surface area contributed by atoms with E-state index in [9.17, 15) is 22.7 Å². The van der Waals surface area contributed by atoms with E-state index in [1.165, 1.54) is 213 Å². The Morgan fingerprint density at radius 1 is 0.234 bits per heavy atom. The Morgan fingerprint density at radius 2 is 0.469 bits per heavy atom. The number of hydrogen-bond acceptors (Lipinski definition) is 5. The number of aromatic hydroxyl groups is 1. The Morgan fingerprint density at radius 3 is 0.772 bits per heavy atom. The number of fused-ring (bicyclic) bond motifs is 4. The number of para-hydroxylation sites is 2. The lowest BCUT2D eigenvalue weighted by Crippen LogP contribution is -2.40. The highest BCUT2D eigenvalue weighted by Gasteiger charge is 2.49. The van der Waals surface area contributed by atoms with E-state index in [1.54, 1.807) is 63.2 Å². The molecule has 7 heterocycles. The van der Waals surface area contributed by atoms with Crippen molar-refractivity contribution in [3.63, 3.8) is 0 Å². The highest BCUT2D eigenvalue weighted by atomic mass is 32.2. The Hall–Kier alpha value is -10.6. The molecule has 145 heavy (non-hydrogen) atoms. The third-order valence-corrected chi connectivity index (χ3v) is 46.9. The number of benzene rings is 15. The minimum atomic E-state index is -0.539. The summed E-state index contributed by atoms with van der Waals surface area (Å²) >= 11 is 0. The molecule has 15 aromatic carbocycles. The van der Waals surface area contributed by atoms with Crippen LogP contribution in [-0.4, -0.2) is 112 Å². The molecule has 2 aliphatic carbocycles. The molecule has 5 saturated heterocycles. The lowest BCUT2D eigenvalue weighted by atomic mass is 10.1. The largest absolute Gasteiger partial charge is 0.508 e. The van der Waals surface area contributed by atoms with Crippen LogP contribution in [0, 0.1) is 44.0 Å². The van der Waals surface area contributed by atoms with Gasteiger partial charge in [0, 0.05) is 54.5 Å². The van der Waals surface area contributed by atoms with E-state index in [-0.39, 0.29) is 68.2 Å². The predicted molar refractivity (Wildman–Crippen MR) is 613 cm³/mol. The number of phenolic OH excluding ortho intramolecular Hbond substituents is 1. The average molecular weight is 2100 g/mol. The fraction of sp³-hybridized carbons (Fsp3) is 0.228. The van der Waals surface area contributed by atoms with Gasteiger partial charge < -0.3 is 24.1 Å². The van der Waals surface area contributed by atoms with E-state index >= 15 is 0 Å². The number of allylic oxidation sites excluding steroid dienone is 4. The van der Waals surface area contributed by atoms with E-state index in [0.717, 1.165) is 57.5 Å². The number of ether oxygens (including phenoxy) is 4. The molecule has 5 fully saturated rings. The summed E-state index contributed by atoms with van der Waals surface area (Å²) < 4.78 is 75.6. The summed E-state index contributed by atoms with van der Waals surface area (Å²) in [5, 5.41) is 10.2. The van der Waals surface area contributed by atoms with Crippen LogP contribution >= 0.6 is 0 Å². The minimum Gasteiger partial charge on any atom is -0.508 e. The van der Waals surface area contributed by atoms with E-state index in [1.807, 2.05) is 78.9 Å². The van der Waals surface area contributed by atoms with Gasteiger partial charge in [-0.25, -0.2) is 17.6 Å². The predicted octanol–water partition coefficient (Wildman–Crippen LogP) is 30.2. The second-order valence-corrected chi connectivity index (χ2v) is 55.4. The van der Waals surface area contributed by atoms with Crippen molar-refractivity contribution in [3.8, 4) is 17.2 Å². The van der Waals surface area contributed by atoms with Crippen molar-refractivity contribution in [2.24, 2.45) is 0 Å². The number of hydrogen-bond donors (Lipinski definition) is 1. The summed E-state index contributed by atoms with van der Waals surface area (Å²) in [7, 11) is 1.93. The molecule has 7 aliphatic heterocycles. The van der Waals surface area contributed by atoms with Crippen molar-refractivity contribution in [2.45, 2.75) is 168 Å². The van der Waals surface area contributed by atoms with Crippen molar-refractivity contribution >= 4 is 98.1 Å². The molecule has 0 radical (unpaired) electrons. The molecule has 0 bridgehead atoms. The molecule has 0 saturated carbocycles. The quantitative estimate of drug-likeness (QED) is 0.0921. The van der Waals surface area contributed by atoms with Gasteiger partial charge in [0.05, 0.1) is 70.0 Å². The minimum absolute atomic E-state index is 0.0292. The summed E-state index contributed by atoms with van der Waals surface area (Å²) in [6, 6.07) is 130. The molecular weight excluding hydrogens is 1970 g/mol. The summed E-state index contributed by atoms with van der Waals surface area (Å²) in [6.45, 7) is 10.2. The Labute approximate surface area is 884 Å². The Balaban J connectivity index is 0.000000118. The zero-order chi connectivity index (χ0) is 99.9. The third-order valence-electron chi connectivity index (χ3n) is 25.3. The van der Waals surface area contributed by atoms with Crippen molar-refractivity contribution in [2.75, 3.05) is 84.0 Å². The van der Waals surface area contributed by atoms with Crippen molar-refractivity contribution in [1.82, 2.24) is 0 Å². The first-order valence-electron chi connectivity index (χ1n) is 50.2. The molecule has 0 spiro atoms. The van der Waals surface area contributed by atoms with Crippen LogP contribution in [0.4, 0.5) is 17.6 Å². The fourth-order valence-corrected chi connectivity index (χ4v) is 37.5. The summed E-state index contributed by atoms with van der Waals surface area (Å²) in [4.78, 5) is 19.2. The van der Waals surface area contributed by atoms with Gasteiger partial charge in [0.15, 0.2) is 97.8 Å². The van der Waals surface area contributed by atoms with Gasteiger partial charge in [-0.15, -0.1) is 0 Å². The lowest BCUT2D eigenvalue weighted by Gasteiger charge is -2.30. The molecule has 6 unspecified atom stereocenters. The average Bonchev–Trinajstić information content (AvgIpc) is 0.778. The van der Waals surface area contributed by atoms with Gasteiger partial charge in [-0.1, -0.05) is 193 Å². The highest BCUT2D eigenvalue weighted by Crippen LogP contribution is 2.45. The maximum Gasteiger partial charge on any atom is 0.203 e. The summed E-state index contributed by atoms with van der Waals surface area (Å²) in [5.74, 6) is 14.6. The summed E-state index contributed by atoms with van der Waals surface area (Å²) in [5.41, 5.74) is 4.03. The molecular formula is C127H131F4O5S9+9. The van der Waals surface area contributed by atoms with Crippen LogP contribution in [0.5, 0.6) is 17.2 Å². The summed E-state index contributed by atoms with van der Waals surface area (Å²) in [6.07, 6.45) is 29.0. The van der Waals surface area contributed by atoms with Crippen LogP contribution in [0.3, 0.4) is 0 Å². The van der Waals surface area contributed by atoms with Crippen LogP contribution in [-0.2, 0) is 108 Å². The number of phenols is 1. The molecule has 24 rings (SSSR count). The van der Waals surface area contributed by atoms with Crippen molar-refractivity contribution in [1.29, 1.82) is 0 Å². The van der Waals surface area contributed by atoms with Gasteiger partial charge in [-0.05, 0) is 339 Å². The van der Waals surface area contributed by atoms with E-state index < -0.39 is 10.9 Å². The van der Waals surface area contributed by atoms with Gasteiger partial charge in [0.1, 0.15) is 86.5 Å². The van der Waals surface area contributed by atoms with Crippen LogP contribution in [0.2, 0.25) is 0 Å². The highest BCUT2D eigenvalue weighted by molar-refractivity contribution is 7.99. The lowest BCUT2D eigenvalue weighted by molar-refractivity contribution is 0.159. The smallest absolute Gasteiger partial charge is 0.203 e. The Kier molecular flexibility index (Phi) is 42.2. The second-order valence-electron chi connectivity index (χ2n) is 35.7. The van der Waals surface area contributed by atoms with Crippen molar-refractivity contribution in [3.05, 3.63) is 483 Å². The standard InChI is InChI=1S/C19H17OS.C18H12F3S.C18H14FS.C18H14O2S.C12H17S.C11H15OS.C11H15S.C10H13OS.C10H13S/c1-14-10-12-15(13-11-14)21-18-8-4-2-6-16(18)20-17-7-3-5-9-19(17)21;19-13-1-7-16(8-2-13)22(17-9-3-14(20)4-10-17)18-11-5-15(21)6-12-18;19-15-11-13-18(14-12-15)20(16-7-3-1-4-8-16)17-9-5-2-6-10-17;19-13-9-11-14(12-10-13)21-17-7-3-1-5-15(17)20-16-6-2-4-8-18(16)21;1-11-5-7-12(8-6-11)13-9-3-2-4-10-13;1-10-2-4-11(5-3-10)13-8-6-12-7-9-13;1-3-7-11(8-4-1)12-9-5-2-6-10-12;1-2-4-10(5-3-1)12-8-6-11-7-9-12;1-2-6-10(7-3-1)11-8-4-5-9-11/h2-13,16,18H,1H3;1-12H;1-14H;1-12,15,17H;5-8H,2-4,9-10H2,1H3;2-5H,6-9H2,1H3;1,3-4,7-8H,2,5-6,9-10H2;1-5H,6-9H2;1-3,6-7H,4-5,8-9H2/q3*+1;;5*+1/p+1. The molecule has 1 N–H and O–H groups in total. The molecule has 0 amide bonds. The van der Waals surface area contributed by atoms with Gasteiger partial charge >= 0.3 is 0 Å². The molecule has 6 atom stereocenters. The number of halogens is 4. The SMILES string of the molecule is Cc1ccc([S+]2CCCCC2)cc1.Cc1ccc([S+]2CCOCC2)cc1.Cc1ccc([S+]2c3ccccc3OC3C=CC=CC32)cc1.Fc1ccc([S+](c2ccc(F)cc2)c2ccc(F)cc2)cc1.Fc1ccc([S+](c2ccccc2)c2ccccc2)cc1.Oc1ccc([S+]2c3ccccc3OC3C=CC=CC32)cc1.c1ccc([S+]2CCCC2)cc1.c1ccc([S+]2CCCCC2)cc1.c1ccc([S+]2CCOCC2)cc1. The van der Waals surface area contributed by atoms with E-state index in [2.05, 4.69) is 288 Å². The molecule has 15 aromatic rings. The van der Waals surface area contributed by atoms with Gasteiger partial charge in [0.2, 0.25) is 9.79 Å². The molecule has 742 valence electrons. The third kappa shape index (κ3) is 32.0. The topological polar surface area (TPSA) is 57.2 Å². The molecule has 0 aromatic heterocycles. The first-order chi connectivity index (χ1) is 71.2. The second kappa shape index (κ2) is 57.1. The number of aryl methyl sites for hydroxylation is 3. The van der Waals surface area contributed by atoms with Crippen LogP contribution in [0.1, 0.15) is 68.1 Å². The Bertz CT molecular complexity index is 6070. The first-order valence-corrected chi connectivity index (χ1v) is 63.1. The van der Waals surface area contributed by atoms with Crippen LogP contribution in [0.15, 0.2) is 516 Å². The van der Waals surface area contributed by atoms with Crippen LogP contribution in [0.25, 0.3) is 0 Å².